The largest absolute Gasteiger partial charge is 0.496 e. The number of carbonyl (C=O) groups excluding carboxylic acids is 1. The second-order valence-corrected chi connectivity index (χ2v) is 7.79. The van der Waals surface area contributed by atoms with Crippen molar-refractivity contribution in [1.82, 2.24) is 9.47 Å². The van der Waals surface area contributed by atoms with Crippen molar-refractivity contribution in [2.75, 3.05) is 26.0 Å². The third kappa shape index (κ3) is 5.16. The molecule has 1 aromatic heterocycles. The highest BCUT2D eigenvalue weighted by atomic mass is 19.1. The fourth-order valence-electron chi connectivity index (χ4n) is 3.70. The first-order valence-electron chi connectivity index (χ1n) is 10.3. The summed E-state index contributed by atoms with van der Waals surface area (Å²) in [6.45, 7) is 4.86. The van der Waals surface area contributed by atoms with Gasteiger partial charge in [-0.2, -0.15) is 5.26 Å². The second-order valence-electron chi connectivity index (χ2n) is 7.79. The highest BCUT2D eigenvalue weighted by Crippen LogP contribution is 2.27. The molecule has 7 heteroatoms. The van der Waals surface area contributed by atoms with Crippen LogP contribution >= 0.6 is 0 Å². The van der Waals surface area contributed by atoms with Crippen LogP contribution in [0.4, 0.5) is 10.2 Å². The molecular formula is C25H27FN4O2. The molecule has 0 unspecified atom stereocenters. The monoisotopic (exact) mass is 434 g/mol. The van der Waals surface area contributed by atoms with Crippen LogP contribution in [0.3, 0.4) is 0 Å². The molecule has 0 atom stereocenters. The number of aromatic nitrogens is 1. The highest BCUT2D eigenvalue weighted by Gasteiger charge is 2.20. The Morgan fingerprint density at radius 2 is 1.88 bits per heavy atom. The Balaban J connectivity index is 1.78. The number of hydrogen-bond donors (Lipinski definition) is 1. The van der Waals surface area contributed by atoms with Gasteiger partial charge in [0.05, 0.1) is 19.2 Å². The van der Waals surface area contributed by atoms with E-state index in [0.29, 0.717) is 24.5 Å². The van der Waals surface area contributed by atoms with E-state index in [0.717, 1.165) is 28.1 Å². The maximum absolute atomic E-state index is 13.3. The summed E-state index contributed by atoms with van der Waals surface area (Å²) in [5.74, 6) is 0.698. The number of rotatable bonds is 8. The fourth-order valence-corrected chi connectivity index (χ4v) is 3.70. The molecule has 0 radical (unpaired) electrons. The zero-order valence-corrected chi connectivity index (χ0v) is 18.8. The lowest BCUT2D eigenvalue weighted by Crippen LogP contribution is -2.31. The normalized spacial score (nSPS) is 10.8. The van der Waals surface area contributed by atoms with Crippen molar-refractivity contribution in [2.45, 2.75) is 26.9 Å². The van der Waals surface area contributed by atoms with Gasteiger partial charge in [-0.15, -0.1) is 0 Å². The smallest absolute Gasteiger partial charge is 0.239 e. The van der Waals surface area contributed by atoms with Gasteiger partial charge in [-0.3, -0.25) is 9.69 Å². The Morgan fingerprint density at radius 1 is 1.19 bits per heavy atom. The van der Waals surface area contributed by atoms with E-state index in [2.05, 4.69) is 11.4 Å². The quantitative estimate of drug-likeness (QED) is 0.576. The standard InChI is InChI=1S/C25H27FN4O2/c1-17-18(2)30(14-19-9-11-21(26)12-10-19)25(22(17)13-27)28-24(31)16-29(3)15-20-7-5-6-8-23(20)32-4/h5-12H,14-16H2,1-4H3,(H,28,31). The van der Waals surface area contributed by atoms with E-state index in [1.54, 1.807) is 19.2 Å². The summed E-state index contributed by atoms with van der Waals surface area (Å²) in [6, 6.07) is 16.1. The summed E-state index contributed by atoms with van der Waals surface area (Å²) < 4.78 is 20.6. The first-order chi connectivity index (χ1) is 15.3. The number of carbonyl (C=O) groups is 1. The number of benzene rings is 2. The van der Waals surface area contributed by atoms with E-state index < -0.39 is 0 Å². The SMILES string of the molecule is COc1ccccc1CN(C)CC(=O)Nc1c(C#N)c(C)c(C)n1Cc1ccc(F)cc1. The van der Waals surface area contributed by atoms with Gasteiger partial charge < -0.3 is 14.6 Å². The third-order valence-corrected chi connectivity index (χ3v) is 5.50. The summed E-state index contributed by atoms with van der Waals surface area (Å²) in [5.41, 5.74) is 3.98. The number of ether oxygens (including phenoxy) is 1. The summed E-state index contributed by atoms with van der Waals surface area (Å²) >= 11 is 0. The number of nitriles is 1. The Hall–Kier alpha value is -3.63. The van der Waals surface area contributed by atoms with Crippen molar-refractivity contribution in [3.8, 4) is 11.8 Å². The van der Waals surface area contributed by atoms with Crippen LogP contribution in [-0.4, -0.2) is 36.1 Å². The van der Waals surface area contributed by atoms with Crippen molar-refractivity contribution in [3.05, 3.63) is 82.3 Å². The first-order valence-corrected chi connectivity index (χ1v) is 10.3. The maximum Gasteiger partial charge on any atom is 0.239 e. The molecule has 0 aliphatic rings. The van der Waals surface area contributed by atoms with Crippen molar-refractivity contribution in [1.29, 1.82) is 5.26 Å². The minimum absolute atomic E-state index is 0.142. The van der Waals surface area contributed by atoms with E-state index in [-0.39, 0.29) is 18.3 Å². The van der Waals surface area contributed by atoms with Crippen LogP contribution in [0.2, 0.25) is 0 Å². The summed E-state index contributed by atoms with van der Waals surface area (Å²) in [6.07, 6.45) is 0. The van der Waals surface area contributed by atoms with Crippen LogP contribution in [-0.2, 0) is 17.9 Å². The molecule has 0 saturated carbocycles. The number of para-hydroxylation sites is 1. The maximum atomic E-state index is 13.3. The van der Waals surface area contributed by atoms with Gasteiger partial charge in [-0.1, -0.05) is 30.3 Å². The van der Waals surface area contributed by atoms with E-state index in [9.17, 15) is 14.4 Å². The van der Waals surface area contributed by atoms with E-state index >= 15 is 0 Å². The Kier molecular flexibility index (Phi) is 7.29. The van der Waals surface area contributed by atoms with Gasteiger partial charge in [0.2, 0.25) is 5.91 Å². The van der Waals surface area contributed by atoms with Gasteiger partial charge in [-0.05, 0) is 50.2 Å². The molecule has 3 aromatic rings. The molecular weight excluding hydrogens is 407 g/mol. The van der Waals surface area contributed by atoms with Gasteiger partial charge in [0.25, 0.3) is 0 Å². The molecule has 2 aromatic carbocycles. The van der Waals surface area contributed by atoms with Gasteiger partial charge >= 0.3 is 0 Å². The molecule has 32 heavy (non-hydrogen) atoms. The zero-order valence-electron chi connectivity index (χ0n) is 18.8. The predicted octanol–water partition coefficient (Wildman–Crippen LogP) is 4.24. The number of nitrogens with one attached hydrogen (secondary N) is 1. The minimum Gasteiger partial charge on any atom is -0.496 e. The van der Waals surface area contributed by atoms with Crippen molar-refractivity contribution < 1.29 is 13.9 Å². The van der Waals surface area contributed by atoms with Crippen LogP contribution in [0.15, 0.2) is 48.5 Å². The first kappa shape index (κ1) is 23.0. The third-order valence-electron chi connectivity index (χ3n) is 5.50. The topological polar surface area (TPSA) is 70.3 Å². The van der Waals surface area contributed by atoms with Crippen molar-refractivity contribution >= 4 is 11.7 Å². The molecule has 6 nitrogen and oxygen atoms in total. The predicted molar refractivity (Wildman–Crippen MR) is 122 cm³/mol. The number of nitrogens with zero attached hydrogens (tertiary/aromatic N) is 3. The Bertz CT molecular complexity index is 1150. The van der Waals surface area contributed by atoms with Crippen LogP contribution in [0.25, 0.3) is 0 Å². The van der Waals surface area contributed by atoms with Gasteiger partial charge in [0, 0.05) is 24.3 Å². The summed E-state index contributed by atoms with van der Waals surface area (Å²) in [7, 11) is 3.47. The number of anilines is 1. The second kappa shape index (κ2) is 10.1. The van der Waals surface area contributed by atoms with E-state index in [4.69, 9.17) is 4.74 Å². The molecule has 1 heterocycles. The average Bonchev–Trinajstić information content (AvgIpc) is 2.99. The van der Waals surface area contributed by atoms with Gasteiger partial charge in [0.15, 0.2) is 0 Å². The molecule has 0 spiro atoms. The van der Waals surface area contributed by atoms with Gasteiger partial charge in [-0.25, -0.2) is 4.39 Å². The van der Waals surface area contributed by atoms with Crippen LogP contribution in [0.1, 0.15) is 27.9 Å². The average molecular weight is 435 g/mol. The number of amides is 1. The highest BCUT2D eigenvalue weighted by molar-refractivity contribution is 5.93. The van der Waals surface area contributed by atoms with E-state index in [1.807, 2.05) is 54.6 Å². The Morgan fingerprint density at radius 3 is 2.53 bits per heavy atom. The molecule has 0 aliphatic carbocycles. The zero-order chi connectivity index (χ0) is 23.3. The lowest BCUT2D eigenvalue weighted by atomic mass is 10.2. The molecule has 0 fully saturated rings. The van der Waals surface area contributed by atoms with Crippen molar-refractivity contribution in [2.24, 2.45) is 0 Å². The molecule has 1 amide bonds. The fraction of sp³-hybridized carbons (Fsp3) is 0.280. The number of halogens is 1. The molecule has 0 bridgehead atoms. The van der Waals surface area contributed by atoms with Crippen molar-refractivity contribution in [3.63, 3.8) is 0 Å². The molecule has 0 saturated heterocycles. The molecule has 0 aliphatic heterocycles. The molecule has 1 N–H and O–H groups in total. The number of hydrogen-bond acceptors (Lipinski definition) is 4. The molecule has 166 valence electrons. The number of methoxy groups -OCH3 is 1. The summed E-state index contributed by atoms with van der Waals surface area (Å²) in [5, 5.41) is 12.6. The lowest BCUT2D eigenvalue weighted by molar-refractivity contribution is -0.117. The molecule has 3 rings (SSSR count). The van der Waals surface area contributed by atoms with Crippen LogP contribution in [0.5, 0.6) is 5.75 Å². The lowest BCUT2D eigenvalue weighted by Gasteiger charge is -2.19. The summed E-state index contributed by atoms with van der Waals surface area (Å²) in [4.78, 5) is 14.7. The van der Waals surface area contributed by atoms with Crippen LogP contribution < -0.4 is 10.1 Å². The van der Waals surface area contributed by atoms with Crippen LogP contribution in [0, 0.1) is 31.0 Å². The Labute approximate surface area is 187 Å². The van der Waals surface area contributed by atoms with Gasteiger partial charge in [0.1, 0.15) is 23.5 Å². The van der Waals surface area contributed by atoms with E-state index in [1.165, 1.54) is 12.1 Å². The number of likely N-dealkylation sites (N-methyl/N-ethyl adjacent to an activating group) is 1. The minimum atomic E-state index is -0.307.